The molecule has 0 aromatic carbocycles. The van der Waals surface area contributed by atoms with Crippen LogP contribution in [0.2, 0.25) is 0 Å². The summed E-state index contributed by atoms with van der Waals surface area (Å²) in [5.74, 6) is 0. The number of aromatic nitrogens is 1. The van der Waals surface area contributed by atoms with Crippen LogP contribution < -0.4 is 0 Å². The molecule has 1 aliphatic rings. The second kappa shape index (κ2) is 5.70. The first kappa shape index (κ1) is 17.0. The lowest BCUT2D eigenvalue weighted by atomic mass is 9.83. The maximum atomic E-state index is 14.6. The molecule has 120 valence electrons. The summed E-state index contributed by atoms with van der Waals surface area (Å²) in [5, 5.41) is 0. The summed E-state index contributed by atoms with van der Waals surface area (Å²) in [7, 11) is -1.15. The molecule has 2 heterocycles. The smallest absolute Gasteiger partial charge is 0.398 e. The quantitative estimate of drug-likeness (QED) is 0.777. The predicted molar refractivity (Wildman–Crippen MR) is 79.0 cm³/mol. The summed E-state index contributed by atoms with van der Waals surface area (Å²) in [6, 6.07) is 1.22. The van der Waals surface area contributed by atoms with Gasteiger partial charge in [0.05, 0.1) is 11.2 Å². The summed E-state index contributed by atoms with van der Waals surface area (Å²) in [5.41, 5.74) is -1.76. The minimum Gasteiger partial charge on any atom is -0.398 e. The molecular weight excluding hydrogens is 294 g/mol. The van der Waals surface area contributed by atoms with Crippen LogP contribution >= 0.6 is 0 Å². The van der Waals surface area contributed by atoms with Gasteiger partial charge in [0.15, 0.2) is 0 Å². The Balaban J connectivity index is 2.33. The van der Waals surface area contributed by atoms with Crippen LogP contribution in [0, 0.1) is 0 Å². The summed E-state index contributed by atoms with van der Waals surface area (Å²) in [6.45, 7) is 8.75. The number of halogens is 3. The van der Waals surface area contributed by atoms with E-state index in [0.717, 1.165) is 6.20 Å². The fourth-order valence-electron chi connectivity index (χ4n) is 2.04. The highest BCUT2D eigenvalue weighted by Gasteiger charge is 2.53. The third-order valence-corrected chi connectivity index (χ3v) is 4.26. The maximum absolute atomic E-state index is 14.6. The van der Waals surface area contributed by atoms with Crippen molar-refractivity contribution in [2.24, 2.45) is 0 Å². The van der Waals surface area contributed by atoms with Gasteiger partial charge < -0.3 is 9.31 Å². The molecule has 0 spiro atoms. The van der Waals surface area contributed by atoms with E-state index >= 15 is 0 Å². The minimum atomic E-state index is -2.65. The Kier molecular flexibility index (Phi) is 4.41. The Hall–Kier alpha value is -1.34. The molecule has 1 aliphatic heterocycles. The molecule has 0 aliphatic carbocycles. The second-order valence-electron chi connectivity index (χ2n) is 6.37. The highest BCUT2D eigenvalue weighted by molar-refractivity contribution is 6.55. The molecule has 1 aromatic heterocycles. The lowest BCUT2D eigenvalue weighted by Gasteiger charge is -2.32. The molecule has 3 nitrogen and oxygen atoms in total. The molecule has 0 N–H and O–H groups in total. The minimum absolute atomic E-state index is 0.175. The summed E-state index contributed by atoms with van der Waals surface area (Å²) >= 11 is 0. The first-order valence-corrected chi connectivity index (χ1v) is 7.00. The van der Waals surface area contributed by atoms with Crippen molar-refractivity contribution >= 4 is 12.7 Å². The lowest BCUT2D eigenvalue weighted by Crippen LogP contribution is -2.41. The normalized spacial score (nSPS) is 21.2. The second-order valence-corrected chi connectivity index (χ2v) is 6.37. The lowest BCUT2D eigenvalue weighted by molar-refractivity contribution is 0.00578. The van der Waals surface area contributed by atoms with Crippen LogP contribution in [0.3, 0.4) is 0 Å². The average Bonchev–Trinajstić information content (AvgIpc) is 2.66. The fourth-order valence-corrected chi connectivity index (χ4v) is 2.04. The van der Waals surface area contributed by atoms with Crippen molar-refractivity contribution in [3.05, 3.63) is 35.3 Å². The molecule has 1 fully saturated rings. The van der Waals surface area contributed by atoms with Crippen LogP contribution in [-0.4, -0.2) is 23.3 Å². The zero-order chi connectivity index (χ0) is 16.7. The number of nitrogens with zero attached hydrogens (tertiary/aromatic N) is 1. The highest BCUT2D eigenvalue weighted by atomic mass is 19.3. The Morgan fingerprint density at radius 3 is 2.18 bits per heavy atom. The molecular formula is C15H19BF3NO2. The Bertz CT molecular complexity index is 586. The number of rotatable bonds is 3. The van der Waals surface area contributed by atoms with Crippen molar-refractivity contribution in [1.82, 2.24) is 4.98 Å². The van der Waals surface area contributed by atoms with Crippen molar-refractivity contribution in [2.45, 2.75) is 52.2 Å². The van der Waals surface area contributed by atoms with E-state index in [4.69, 9.17) is 9.31 Å². The zero-order valence-electron chi connectivity index (χ0n) is 13.3. The van der Waals surface area contributed by atoms with Gasteiger partial charge in [-0.3, -0.25) is 4.98 Å². The SMILES string of the molecule is CC(=C(F)B1OC(C)(C)C(C)(C)O1)c1cncc(C(F)F)c1. The van der Waals surface area contributed by atoms with Gasteiger partial charge in [0.1, 0.15) is 5.73 Å². The number of allylic oxidation sites excluding steroid dienone is 1. The summed E-state index contributed by atoms with van der Waals surface area (Å²) in [6.07, 6.45) is -0.250. The number of hydrogen-bond acceptors (Lipinski definition) is 3. The van der Waals surface area contributed by atoms with E-state index < -0.39 is 30.5 Å². The molecule has 1 aromatic rings. The van der Waals surface area contributed by atoms with Crippen molar-refractivity contribution in [1.29, 1.82) is 0 Å². The van der Waals surface area contributed by atoms with Crippen LogP contribution in [0.1, 0.15) is 52.2 Å². The summed E-state index contributed by atoms with van der Waals surface area (Å²) in [4.78, 5) is 3.73. The molecule has 2 rings (SSSR count). The van der Waals surface area contributed by atoms with Crippen LogP contribution in [0.4, 0.5) is 13.2 Å². The maximum Gasteiger partial charge on any atom is 0.525 e. The first-order chi connectivity index (χ1) is 10.0. The van der Waals surface area contributed by atoms with Gasteiger partial charge in [-0.1, -0.05) is 0 Å². The van der Waals surface area contributed by atoms with Crippen LogP contribution in [-0.2, 0) is 9.31 Å². The van der Waals surface area contributed by atoms with Crippen molar-refractivity contribution in [3.63, 3.8) is 0 Å². The van der Waals surface area contributed by atoms with E-state index in [1.54, 1.807) is 0 Å². The Morgan fingerprint density at radius 1 is 1.14 bits per heavy atom. The average molecular weight is 313 g/mol. The van der Waals surface area contributed by atoms with Gasteiger partial charge in [-0.05, 0) is 51.8 Å². The largest absolute Gasteiger partial charge is 0.525 e. The summed E-state index contributed by atoms with van der Waals surface area (Å²) < 4.78 is 51.3. The third kappa shape index (κ3) is 3.05. The van der Waals surface area contributed by atoms with Gasteiger partial charge in [0.2, 0.25) is 0 Å². The van der Waals surface area contributed by atoms with Gasteiger partial charge in [-0.15, -0.1) is 0 Å². The number of hydrogen-bond donors (Lipinski definition) is 0. The first-order valence-electron chi connectivity index (χ1n) is 7.00. The monoisotopic (exact) mass is 313 g/mol. The van der Waals surface area contributed by atoms with Gasteiger partial charge in [-0.2, -0.15) is 0 Å². The van der Waals surface area contributed by atoms with E-state index in [1.165, 1.54) is 19.2 Å². The molecule has 0 saturated carbocycles. The van der Waals surface area contributed by atoms with Gasteiger partial charge in [0, 0.05) is 18.0 Å². The molecule has 1 saturated heterocycles. The van der Waals surface area contributed by atoms with E-state index in [1.807, 2.05) is 27.7 Å². The molecule has 0 amide bonds. The Labute approximate surface area is 128 Å². The molecule has 0 bridgehead atoms. The molecule has 0 atom stereocenters. The van der Waals surface area contributed by atoms with E-state index in [0.29, 0.717) is 0 Å². The third-order valence-electron chi connectivity index (χ3n) is 4.26. The highest BCUT2D eigenvalue weighted by Crippen LogP contribution is 2.40. The van der Waals surface area contributed by atoms with E-state index in [2.05, 4.69) is 4.98 Å². The molecule has 22 heavy (non-hydrogen) atoms. The molecule has 0 unspecified atom stereocenters. The molecule has 7 heteroatoms. The van der Waals surface area contributed by atoms with Crippen molar-refractivity contribution in [3.8, 4) is 0 Å². The van der Waals surface area contributed by atoms with Gasteiger partial charge in [0.25, 0.3) is 6.43 Å². The van der Waals surface area contributed by atoms with Crippen molar-refractivity contribution in [2.75, 3.05) is 0 Å². The molecule has 0 radical (unpaired) electrons. The predicted octanol–water partition coefficient (Wildman–Crippen LogP) is 4.35. The topological polar surface area (TPSA) is 31.4 Å². The van der Waals surface area contributed by atoms with Gasteiger partial charge >= 0.3 is 7.12 Å². The van der Waals surface area contributed by atoms with E-state index in [-0.39, 0.29) is 16.7 Å². The Morgan fingerprint density at radius 2 is 1.68 bits per heavy atom. The standard InChI is InChI=1S/C15H19BF3NO2/c1-9(10-6-11(13(18)19)8-20-7-10)12(17)16-21-14(2,3)15(4,5)22-16/h6-8,13H,1-5H3. The number of alkyl halides is 2. The van der Waals surface area contributed by atoms with Crippen molar-refractivity contribution < 1.29 is 22.5 Å². The van der Waals surface area contributed by atoms with Crippen LogP contribution in [0.15, 0.2) is 24.2 Å². The zero-order valence-corrected chi connectivity index (χ0v) is 13.3. The van der Waals surface area contributed by atoms with Gasteiger partial charge in [-0.25, -0.2) is 13.2 Å². The van der Waals surface area contributed by atoms with Crippen LogP contribution in [0.5, 0.6) is 0 Å². The fraction of sp³-hybridized carbons (Fsp3) is 0.533. The number of pyridine rings is 1. The van der Waals surface area contributed by atoms with Crippen LogP contribution in [0.25, 0.3) is 5.57 Å². The van der Waals surface area contributed by atoms with E-state index in [9.17, 15) is 13.2 Å².